The number of carbonyl (C=O) groups excluding carboxylic acids is 1. The highest BCUT2D eigenvalue weighted by Gasteiger charge is 2.17. The molecule has 0 unspecified atom stereocenters. The molecule has 1 amide bonds. The fraction of sp³-hybridized carbons (Fsp3) is 0.167. The van der Waals surface area contributed by atoms with E-state index in [2.05, 4.69) is 9.97 Å². The van der Waals surface area contributed by atoms with Crippen LogP contribution in [0.1, 0.15) is 6.92 Å². The summed E-state index contributed by atoms with van der Waals surface area (Å²) in [4.78, 5) is 17.5. The summed E-state index contributed by atoms with van der Waals surface area (Å²) >= 11 is 0. The second kappa shape index (κ2) is 3.48. The fourth-order valence-electron chi connectivity index (χ4n) is 0.659. The second-order valence-electron chi connectivity index (χ2n) is 2.19. The first-order valence-electron chi connectivity index (χ1n) is 3.33. The van der Waals surface area contributed by atoms with E-state index in [0.717, 1.165) is 6.92 Å². The number of hydrogen-bond donors (Lipinski definition) is 1. The summed E-state index contributed by atoms with van der Waals surface area (Å²) < 4.78 is 24.1. The molecule has 1 heterocycles. The topological polar surface area (TPSA) is 89.0 Å². The maximum absolute atomic E-state index is 11.2. The lowest BCUT2D eigenvalue weighted by Crippen LogP contribution is -2.29. The van der Waals surface area contributed by atoms with Crippen LogP contribution in [0.15, 0.2) is 23.6 Å². The molecule has 0 aliphatic heterocycles. The molecule has 1 N–H and O–H groups in total. The number of nitrogens with zero attached hydrogens (tertiary/aromatic N) is 2. The zero-order chi connectivity index (χ0) is 9.90. The Morgan fingerprint density at radius 3 is 2.38 bits per heavy atom. The van der Waals surface area contributed by atoms with E-state index in [-0.39, 0.29) is 0 Å². The van der Waals surface area contributed by atoms with Gasteiger partial charge in [-0.25, -0.2) is 14.7 Å². The number of aromatic nitrogens is 2. The van der Waals surface area contributed by atoms with E-state index in [9.17, 15) is 13.2 Å². The predicted molar refractivity (Wildman–Crippen MR) is 43.0 cm³/mol. The highest BCUT2D eigenvalue weighted by molar-refractivity contribution is 7.89. The van der Waals surface area contributed by atoms with Crippen LogP contribution < -0.4 is 4.72 Å². The van der Waals surface area contributed by atoms with Crippen molar-refractivity contribution < 1.29 is 13.2 Å². The number of hydrogen-bond acceptors (Lipinski definition) is 5. The van der Waals surface area contributed by atoms with Crippen LogP contribution in [0.3, 0.4) is 0 Å². The number of rotatable bonds is 2. The maximum Gasteiger partial charge on any atom is 0.299 e. The van der Waals surface area contributed by atoms with Crippen molar-refractivity contribution >= 4 is 15.9 Å². The minimum absolute atomic E-state index is 0.412. The highest BCUT2D eigenvalue weighted by atomic mass is 32.2. The largest absolute Gasteiger partial charge is 0.299 e. The van der Waals surface area contributed by atoms with Gasteiger partial charge in [0.15, 0.2) is 0 Å². The van der Waals surface area contributed by atoms with Gasteiger partial charge in [-0.1, -0.05) is 0 Å². The van der Waals surface area contributed by atoms with Gasteiger partial charge in [-0.15, -0.1) is 0 Å². The lowest BCUT2D eigenvalue weighted by Gasteiger charge is -2.00. The van der Waals surface area contributed by atoms with Gasteiger partial charge in [-0.05, 0) is 6.07 Å². The van der Waals surface area contributed by atoms with Crippen molar-refractivity contribution in [1.29, 1.82) is 0 Å². The molecule has 1 aromatic rings. The Morgan fingerprint density at radius 1 is 1.38 bits per heavy atom. The van der Waals surface area contributed by atoms with E-state index in [1.165, 1.54) is 18.5 Å². The van der Waals surface area contributed by atoms with Crippen molar-refractivity contribution in [2.24, 2.45) is 0 Å². The Morgan fingerprint density at radius 2 is 1.92 bits per heavy atom. The predicted octanol–water partition coefficient (Wildman–Crippen LogP) is -0.699. The Balaban J connectivity index is 3.02. The minimum atomic E-state index is -3.88. The van der Waals surface area contributed by atoms with Crippen molar-refractivity contribution in [2.75, 3.05) is 0 Å². The first-order valence-corrected chi connectivity index (χ1v) is 4.81. The molecule has 0 radical (unpaired) electrons. The third-order valence-corrected chi connectivity index (χ3v) is 2.31. The molecule has 0 aromatic carbocycles. The summed E-state index contributed by atoms with van der Waals surface area (Å²) in [7, 11) is -3.88. The molecule has 0 atom stereocenters. The molecule has 7 heteroatoms. The van der Waals surface area contributed by atoms with Crippen LogP contribution >= 0.6 is 0 Å². The summed E-state index contributed by atoms with van der Waals surface area (Å²) in [5.74, 6) is -0.674. The Bertz CT molecular complexity index is 400. The Kier molecular flexibility index (Phi) is 2.57. The second-order valence-corrected chi connectivity index (χ2v) is 3.77. The monoisotopic (exact) mass is 201 g/mol. The molecule has 0 saturated carbocycles. The van der Waals surface area contributed by atoms with Crippen LogP contribution in [0, 0.1) is 0 Å². The van der Waals surface area contributed by atoms with Gasteiger partial charge in [0.2, 0.25) is 5.91 Å². The summed E-state index contributed by atoms with van der Waals surface area (Å²) in [6.07, 6.45) is 2.56. The van der Waals surface area contributed by atoms with Crippen LogP contribution in [0.5, 0.6) is 0 Å². The van der Waals surface area contributed by atoms with Crippen molar-refractivity contribution in [3.63, 3.8) is 0 Å². The first-order chi connectivity index (χ1) is 6.02. The van der Waals surface area contributed by atoms with E-state index in [1.54, 1.807) is 4.72 Å². The van der Waals surface area contributed by atoms with Crippen LogP contribution in [0.25, 0.3) is 0 Å². The van der Waals surface area contributed by atoms with Crippen LogP contribution in [0.4, 0.5) is 0 Å². The third kappa shape index (κ3) is 2.48. The Hall–Kier alpha value is -1.50. The van der Waals surface area contributed by atoms with Gasteiger partial charge >= 0.3 is 0 Å². The van der Waals surface area contributed by atoms with Crippen molar-refractivity contribution in [3.8, 4) is 0 Å². The molecule has 0 aliphatic rings. The average Bonchev–Trinajstić information content (AvgIpc) is 2.04. The van der Waals surface area contributed by atoms with Crippen LogP contribution in [-0.4, -0.2) is 24.3 Å². The number of nitrogens with one attached hydrogen (secondary N) is 1. The first kappa shape index (κ1) is 9.59. The van der Waals surface area contributed by atoms with E-state index in [0.29, 0.717) is 0 Å². The van der Waals surface area contributed by atoms with Crippen LogP contribution in [0.2, 0.25) is 0 Å². The van der Waals surface area contributed by atoms with Gasteiger partial charge in [0.1, 0.15) is 0 Å². The van der Waals surface area contributed by atoms with Crippen molar-refractivity contribution in [2.45, 2.75) is 12.1 Å². The molecular weight excluding hydrogens is 194 g/mol. The van der Waals surface area contributed by atoms with E-state index in [1.807, 2.05) is 0 Å². The molecule has 0 saturated heterocycles. The molecule has 0 aliphatic carbocycles. The molecule has 6 nitrogen and oxygen atoms in total. The number of carbonyl (C=O) groups is 1. The lowest BCUT2D eigenvalue weighted by molar-refractivity contribution is -0.117. The summed E-state index contributed by atoms with van der Waals surface area (Å²) in [6.45, 7) is 1.10. The van der Waals surface area contributed by atoms with Gasteiger partial charge in [-0.3, -0.25) is 4.79 Å². The smallest absolute Gasteiger partial charge is 0.274 e. The molecule has 70 valence electrons. The quantitative estimate of drug-likeness (QED) is 0.639. The molecule has 0 fully saturated rings. The van der Waals surface area contributed by atoms with Crippen molar-refractivity contribution in [1.82, 2.24) is 14.7 Å². The molecule has 1 aromatic heterocycles. The molecule has 1 rings (SSSR count). The van der Waals surface area contributed by atoms with Crippen molar-refractivity contribution in [3.05, 3.63) is 18.5 Å². The van der Waals surface area contributed by atoms with E-state index >= 15 is 0 Å². The van der Waals surface area contributed by atoms with Gasteiger partial charge in [0.05, 0.1) is 0 Å². The zero-order valence-electron chi connectivity index (χ0n) is 6.76. The normalized spacial score (nSPS) is 10.8. The van der Waals surface area contributed by atoms with Gasteiger partial charge in [-0.2, -0.15) is 8.42 Å². The summed E-state index contributed by atoms with van der Waals surface area (Å²) in [5.41, 5.74) is 0. The van der Waals surface area contributed by atoms with Gasteiger partial charge in [0.25, 0.3) is 15.2 Å². The lowest BCUT2D eigenvalue weighted by atomic mass is 10.7. The standard InChI is InChI=1S/C6H7N3O3S/c1-5(10)9-13(11,12)6-7-3-2-4-8-6/h2-4H,1H3,(H,9,10). The minimum Gasteiger partial charge on any atom is -0.274 e. The van der Waals surface area contributed by atoms with E-state index < -0.39 is 21.1 Å². The fourth-order valence-corrected chi connectivity index (χ4v) is 1.53. The highest BCUT2D eigenvalue weighted by Crippen LogP contribution is 1.97. The summed E-state index contributed by atoms with van der Waals surface area (Å²) in [6, 6.07) is 1.48. The molecule has 0 bridgehead atoms. The summed E-state index contributed by atoms with van der Waals surface area (Å²) in [5, 5.41) is -0.412. The molecular formula is C6H7N3O3S. The SMILES string of the molecule is CC(=O)NS(=O)(=O)c1ncccn1. The third-order valence-electron chi connectivity index (χ3n) is 1.06. The number of amides is 1. The number of sulfonamides is 1. The molecule has 0 spiro atoms. The zero-order valence-corrected chi connectivity index (χ0v) is 7.58. The maximum atomic E-state index is 11.2. The van der Waals surface area contributed by atoms with Crippen LogP contribution in [-0.2, 0) is 14.8 Å². The van der Waals surface area contributed by atoms with E-state index in [4.69, 9.17) is 0 Å². The van der Waals surface area contributed by atoms with Gasteiger partial charge in [0, 0.05) is 19.3 Å². The van der Waals surface area contributed by atoms with Gasteiger partial charge < -0.3 is 0 Å². The average molecular weight is 201 g/mol. The molecule has 13 heavy (non-hydrogen) atoms. The Labute approximate surface area is 75.1 Å².